The monoisotopic (exact) mass is 387 g/mol. The summed E-state index contributed by atoms with van der Waals surface area (Å²) in [5.41, 5.74) is 0.268. The number of nitrogens with one attached hydrogen (secondary N) is 1. The van der Waals surface area contributed by atoms with Crippen molar-refractivity contribution in [1.82, 2.24) is 10.2 Å². The van der Waals surface area contributed by atoms with Crippen molar-refractivity contribution >= 4 is 21.6 Å². The van der Waals surface area contributed by atoms with Crippen LogP contribution in [0.15, 0.2) is 24.3 Å². The van der Waals surface area contributed by atoms with Crippen molar-refractivity contribution < 1.29 is 22.3 Å². The number of amides is 1. The molecular weight excluding hydrogens is 361 g/mol. The minimum atomic E-state index is -3.71. The van der Waals surface area contributed by atoms with Crippen LogP contribution in [0.5, 0.6) is 0 Å². The molecule has 0 saturated carbocycles. The van der Waals surface area contributed by atoms with Crippen LogP contribution in [0, 0.1) is 5.82 Å². The van der Waals surface area contributed by atoms with E-state index in [-0.39, 0.29) is 11.6 Å². The summed E-state index contributed by atoms with van der Waals surface area (Å²) in [6, 6.07) is 4.19. The molecule has 146 valence electrons. The van der Waals surface area contributed by atoms with E-state index in [0.717, 1.165) is 23.7 Å². The molecule has 7 nitrogen and oxygen atoms in total. The molecule has 1 aromatic carbocycles. The maximum atomic E-state index is 13.2. The number of sulfonamides is 1. The van der Waals surface area contributed by atoms with Gasteiger partial charge >= 0.3 is 0 Å². The Morgan fingerprint density at radius 3 is 2.46 bits per heavy atom. The van der Waals surface area contributed by atoms with Gasteiger partial charge in [-0.15, -0.1) is 0 Å². The first-order valence-electron chi connectivity index (χ1n) is 8.65. The topological polar surface area (TPSA) is 79.0 Å². The summed E-state index contributed by atoms with van der Waals surface area (Å²) in [6.45, 7) is 5.84. The average Bonchev–Trinajstić information content (AvgIpc) is 2.60. The lowest BCUT2D eigenvalue weighted by Gasteiger charge is -2.31. The van der Waals surface area contributed by atoms with Gasteiger partial charge in [-0.05, 0) is 30.7 Å². The van der Waals surface area contributed by atoms with Crippen LogP contribution < -0.4 is 9.62 Å². The van der Waals surface area contributed by atoms with Crippen LogP contribution >= 0.6 is 0 Å². The molecule has 0 spiro atoms. The fourth-order valence-electron chi connectivity index (χ4n) is 2.93. The lowest BCUT2D eigenvalue weighted by Crippen LogP contribution is -2.50. The molecule has 1 aliphatic rings. The van der Waals surface area contributed by atoms with E-state index in [1.54, 1.807) is 6.92 Å². The molecule has 0 radical (unpaired) electrons. The zero-order chi connectivity index (χ0) is 19.2. The minimum absolute atomic E-state index is 0.268. The molecule has 0 aromatic heterocycles. The van der Waals surface area contributed by atoms with Gasteiger partial charge in [0.25, 0.3) is 0 Å². The zero-order valence-electron chi connectivity index (χ0n) is 15.2. The van der Waals surface area contributed by atoms with Gasteiger partial charge in [-0.3, -0.25) is 14.0 Å². The first-order chi connectivity index (χ1) is 12.3. The standard InChI is InChI=1S/C17H26FN3O4S/c1-3-16(17(22)19-8-9-20-10-12-25-13-11-20)21(26(2,23)24)15-6-4-14(18)5-7-15/h4-7,16H,3,8-13H2,1-2H3,(H,19,22). The lowest BCUT2D eigenvalue weighted by atomic mass is 10.2. The number of rotatable bonds is 8. The molecular formula is C17H26FN3O4S. The van der Waals surface area contributed by atoms with Crippen LogP contribution in [0.1, 0.15) is 13.3 Å². The molecule has 0 bridgehead atoms. The van der Waals surface area contributed by atoms with Gasteiger partial charge in [0.05, 0.1) is 25.2 Å². The molecule has 1 unspecified atom stereocenters. The number of hydrogen-bond donors (Lipinski definition) is 1. The summed E-state index contributed by atoms with van der Waals surface area (Å²) >= 11 is 0. The summed E-state index contributed by atoms with van der Waals surface area (Å²) in [5.74, 6) is -0.833. The molecule has 2 rings (SSSR count). The normalized spacial score (nSPS) is 16.9. The van der Waals surface area contributed by atoms with E-state index in [4.69, 9.17) is 4.74 Å². The number of hydrogen-bond acceptors (Lipinski definition) is 5. The third kappa shape index (κ3) is 5.65. The number of halogens is 1. The Kier molecular flexibility index (Phi) is 7.36. The van der Waals surface area contributed by atoms with Crippen molar-refractivity contribution in [3.8, 4) is 0 Å². The molecule has 1 N–H and O–H groups in total. The van der Waals surface area contributed by atoms with Crippen LogP contribution in [0.2, 0.25) is 0 Å². The number of benzene rings is 1. The summed E-state index contributed by atoms with van der Waals surface area (Å²) in [5, 5.41) is 2.81. The first kappa shape index (κ1) is 20.6. The van der Waals surface area contributed by atoms with Crippen molar-refractivity contribution in [1.29, 1.82) is 0 Å². The third-order valence-corrected chi connectivity index (χ3v) is 5.42. The molecule has 26 heavy (non-hydrogen) atoms. The second kappa shape index (κ2) is 9.29. The Labute approximate surface area is 154 Å². The SMILES string of the molecule is CCC(C(=O)NCCN1CCOCC1)N(c1ccc(F)cc1)S(C)(=O)=O. The molecule has 1 saturated heterocycles. The molecule has 1 amide bonds. The highest BCUT2D eigenvalue weighted by molar-refractivity contribution is 7.92. The molecule has 1 fully saturated rings. The van der Waals surface area contributed by atoms with E-state index in [2.05, 4.69) is 10.2 Å². The molecule has 9 heteroatoms. The number of carbonyl (C=O) groups excluding carboxylic acids is 1. The predicted molar refractivity (Wildman–Crippen MR) is 98.1 cm³/mol. The highest BCUT2D eigenvalue weighted by Crippen LogP contribution is 2.22. The summed E-state index contributed by atoms with van der Waals surface area (Å²) in [6.07, 6.45) is 1.34. The Hall–Kier alpha value is -1.71. The number of anilines is 1. The Balaban J connectivity index is 2.06. The van der Waals surface area contributed by atoms with E-state index in [1.807, 2.05) is 0 Å². The molecule has 1 heterocycles. The molecule has 1 aromatic rings. The summed E-state index contributed by atoms with van der Waals surface area (Å²) in [4.78, 5) is 14.8. The molecule has 1 atom stereocenters. The van der Waals surface area contributed by atoms with Crippen molar-refractivity contribution in [2.45, 2.75) is 19.4 Å². The number of nitrogens with zero attached hydrogens (tertiary/aromatic N) is 2. The van der Waals surface area contributed by atoms with Crippen LogP contribution in [0.3, 0.4) is 0 Å². The number of ether oxygens (including phenoxy) is 1. The highest BCUT2D eigenvalue weighted by atomic mass is 32.2. The molecule has 1 aliphatic heterocycles. The third-order valence-electron chi connectivity index (χ3n) is 4.24. The van der Waals surface area contributed by atoms with Gasteiger partial charge in [0.1, 0.15) is 11.9 Å². The van der Waals surface area contributed by atoms with Crippen LogP contribution in [0.25, 0.3) is 0 Å². The highest BCUT2D eigenvalue weighted by Gasteiger charge is 2.31. The van der Waals surface area contributed by atoms with Crippen LogP contribution in [-0.4, -0.2) is 70.9 Å². The van der Waals surface area contributed by atoms with E-state index in [9.17, 15) is 17.6 Å². The zero-order valence-corrected chi connectivity index (χ0v) is 16.0. The maximum Gasteiger partial charge on any atom is 0.243 e. The largest absolute Gasteiger partial charge is 0.379 e. The van der Waals surface area contributed by atoms with Crippen LogP contribution in [-0.2, 0) is 19.6 Å². The van der Waals surface area contributed by atoms with E-state index in [0.29, 0.717) is 32.7 Å². The fourth-order valence-corrected chi connectivity index (χ4v) is 4.14. The van der Waals surface area contributed by atoms with E-state index < -0.39 is 21.9 Å². The van der Waals surface area contributed by atoms with Gasteiger partial charge in [0.15, 0.2) is 0 Å². The second-order valence-electron chi connectivity index (χ2n) is 6.20. The number of carbonyl (C=O) groups is 1. The van der Waals surface area contributed by atoms with Gasteiger partial charge in [0.2, 0.25) is 15.9 Å². The van der Waals surface area contributed by atoms with E-state index >= 15 is 0 Å². The number of morpholine rings is 1. The van der Waals surface area contributed by atoms with E-state index in [1.165, 1.54) is 24.3 Å². The second-order valence-corrected chi connectivity index (χ2v) is 8.06. The quantitative estimate of drug-likeness (QED) is 0.715. The Bertz CT molecular complexity index is 690. The van der Waals surface area contributed by atoms with Crippen LogP contribution in [0.4, 0.5) is 10.1 Å². The van der Waals surface area contributed by atoms with Gasteiger partial charge in [-0.2, -0.15) is 0 Å². The summed E-state index contributed by atoms with van der Waals surface area (Å²) < 4.78 is 44.0. The average molecular weight is 387 g/mol. The van der Waals surface area contributed by atoms with Gasteiger partial charge in [-0.25, -0.2) is 12.8 Å². The minimum Gasteiger partial charge on any atom is -0.379 e. The van der Waals surface area contributed by atoms with Gasteiger partial charge in [-0.1, -0.05) is 6.92 Å². The van der Waals surface area contributed by atoms with Gasteiger partial charge in [0, 0.05) is 26.2 Å². The summed E-state index contributed by atoms with van der Waals surface area (Å²) in [7, 11) is -3.71. The fraction of sp³-hybridized carbons (Fsp3) is 0.588. The lowest BCUT2D eigenvalue weighted by molar-refractivity contribution is -0.122. The molecule has 0 aliphatic carbocycles. The van der Waals surface area contributed by atoms with Gasteiger partial charge < -0.3 is 10.1 Å². The maximum absolute atomic E-state index is 13.2. The van der Waals surface area contributed by atoms with Crippen molar-refractivity contribution in [2.24, 2.45) is 0 Å². The Morgan fingerprint density at radius 1 is 1.31 bits per heavy atom. The smallest absolute Gasteiger partial charge is 0.243 e. The first-order valence-corrected chi connectivity index (χ1v) is 10.5. The van der Waals surface area contributed by atoms with Crippen molar-refractivity contribution in [3.05, 3.63) is 30.1 Å². The van der Waals surface area contributed by atoms with Crippen molar-refractivity contribution in [3.63, 3.8) is 0 Å². The predicted octanol–water partition coefficient (Wildman–Crippen LogP) is 0.819. The van der Waals surface area contributed by atoms with Crippen molar-refractivity contribution in [2.75, 3.05) is 50.0 Å². The Morgan fingerprint density at radius 2 is 1.92 bits per heavy atom.